The first-order chi connectivity index (χ1) is 28.2. The van der Waals surface area contributed by atoms with Crippen molar-refractivity contribution in [3.05, 3.63) is 0 Å². The van der Waals surface area contributed by atoms with Crippen molar-refractivity contribution in [2.75, 3.05) is 13.2 Å². The van der Waals surface area contributed by atoms with Crippen molar-refractivity contribution < 1.29 is 28.6 Å². The van der Waals surface area contributed by atoms with Crippen LogP contribution in [0.15, 0.2) is 0 Å². The largest absolute Gasteiger partial charge is 0.462 e. The molecule has 58 heavy (non-hydrogen) atoms. The molecule has 0 aromatic rings. The molecule has 0 fully saturated rings. The minimum Gasteiger partial charge on any atom is -0.462 e. The Hall–Kier alpha value is -1.59. The summed E-state index contributed by atoms with van der Waals surface area (Å²) < 4.78 is 16.8. The summed E-state index contributed by atoms with van der Waals surface area (Å²) in [6, 6.07) is 0. The van der Waals surface area contributed by atoms with Crippen LogP contribution in [0.1, 0.15) is 285 Å². The molecular formula is C52H100O6. The Kier molecular flexibility index (Phi) is 43.7. The molecule has 0 radical (unpaired) electrons. The molecule has 0 unspecified atom stereocenters. The highest BCUT2D eigenvalue weighted by Crippen LogP contribution is 2.17. The molecule has 6 heteroatoms. The number of carbonyl (C=O) groups is 3. The van der Waals surface area contributed by atoms with E-state index in [2.05, 4.69) is 34.6 Å². The lowest BCUT2D eigenvalue weighted by atomic mass is 10.0. The number of carbonyl (C=O) groups excluding carboxylic acids is 3. The number of esters is 3. The molecule has 0 aliphatic carbocycles. The van der Waals surface area contributed by atoms with E-state index in [0.717, 1.165) is 69.6 Å². The SMILES string of the molecule is CCCCCCCCCCCCCCC(=O)O[C@H](COC(=O)CCCCCCCCCCCCCCCCCCC(C)C)COC(=O)CCCCCCCCC(C)C. The standard InChI is InChI=1S/C52H100O6/c1-6-7-8-9-10-11-12-20-24-27-34-39-44-52(55)58-49(46-57-51(54)43-38-33-29-28-31-36-41-48(4)5)45-56-50(53)42-37-32-26-23-21-18-16-14-13-15-17-19-22-25-30-35-40-47(2)3/h47-49H,6-46H2,1-5H3/t49-/m1/s1. The van der Waals surface area contributed by atoms with Gasteiger partial charge in [0, 0.05) is 19.3 Å². The lowest BCUT2D eigenvalue weighted by molar-refractivity contribution is -0.167. The summed E-state index contributed by atoms with van der Waals surface area (Å²) in [5.74, 6) is 0.763. The van der Waals surface area contributed by atoms with Gasteiger partial charge in [-0.3, -0.25) is 14.4 Å². The van der Waals surface area contributed by atoms with Gasteiger partial charge in [0.05, 0.1) is 0 Å². The first-order valence-electron chi connectivity index (χ1n) is 25.7. The molecule has 0 saturated heterocycles. The Labute approximate surface area is 361 Å². The summed E-state index contributed by atoms with van der Waals surface area (Å²) in [5, 5.41) is 0. The van der Waals surface area contributed by atoms with Crippen molar-refractivity contribution in [2.24, 2.45) is 11.8 Å². The third kappa shape index (κ3) is 45.5. The van der Waals surface area contributed by atoms with Crippen LogP contribution in [-0.4, -0.2) is 37.2 Å². The van der Waals surface area contributed by atoms with Crippen LogP contribution in [0.5, 0.6) is 0 Å². The van der Waals surface area contributed by atoms with Crippen LogP contribution in [0.3, 0.4) is 0 Å². The minimum atomic E-state index is -0.761. The summed E-state index contributed by atoms with van der Waals surface area (Å²) in [6.45, 7) is 11.3. The van der Waals surface area contributed by atoms with Gasteiger partial charge in [-0.2, -0.15) is 0 Å². The van der Waals surface area contributed by atoms with Gasteiger partial charge in [0.2, 0.25) is 0 Å². The van der Waals surface area contributed by atoms with Gasteiger partial charge in [-0.25, -0.2) is 0 Å². The Bertz CT molecular complexity index is 885. The fraction of sp³-hybridized carbons (Fsp3) is 0.942. The van der Waals surface area contributed by atoms with Crippen molar-refractivity contribution in [3.63, 3.8) is 0 Å². The van der Waals surface area contributed by atoms with Crippen molar-refractivity contribution in [1.82, 2.24) is 0 Å². The molecule has 6 nitrogen and oxygen atoms in total. The second kappa shape index (κ2) is 44.9. The topological polar surface area (TPSA) is 78.9 Å². The summed E-state index contributed by atoms with van der Waals surface area (Å²) in [4.78, 5) is 37.8. The van der Waals surface area contributed by atoms with Crippen LogP contribution in [0.2, 0.25) is 0 Å². The van der Waals surface area contributed by atoms with E-state index in [0.29, 0.717) is 19.3 Å². The Morgan fingerprint density at radius 3 is 0.845 bits per heavy atom. The second-order valence-corrected chi connectivity index (χ2v) is 18.8. The molecule has 0 N–H and O–H groups in total. The average molecular weight is 821 g/mol. The number of hydrogen-bond donors (Lipinski definition) is 0. The van der Waals surface area contributed by atoms with Gasteiger partial charge in [-0.05, 0) is 31.1 Å². The molecule has 0 aromatic heterocycles. The molecule has 344 valence electrons. The Balaban J connectivity index is 4.21. The molecule has 0 aromatic carbocycles. The fourth-order valence-corrected chi connectivity index (χ4v) is 7.81. The second-order valence-electron chi connectivity index (χ2n) is 18.8. The zero-order valence-corrected chi connectivity index (χ0v) is 39.7. The minimum absolute atomic E-state index is 0.0644. The molecule has 0 heterocycles. The first-order valence-corrected chi connectivity index (χ1v) is 25.7. The van der Waals surface area contributed by atoms with E-state index in [1.807, 2.05) is 0 Å². The Morgan fingerprint density at radius 2 is 0.569 bits per heavy atom. The van der Waals surface area contributed by atoms with Gasteiger partial charge in [0.25, 0.3) is 0 Å². The zero-order valence-electron chi connectivity index (χ0n) is 39.7. The monoisotopic (exact) mass is 821 g/mol. The fourth-order valence-electron chi connectivity index (χ4n) is 7.81. The molecule has 0 spiro atoms. The quantitative estimate of drug-likeness (QED) is 0.0346. The maximum Gasteiger partial charge on any atom is 0.306 e. The highest BCUT2D eigenvalue weighted by molar-refractivity contribution is 5.71. The molecule has 0 aliphatic rings. The highest BCUT2D eigenvalue weighted by atomic mass is 16.6. The number of unbranched alkanes of at least 4 members (excludes halogenated alkanes) is 31. The van der Waals surface area contributed by atoms with Crippen molar-refractivity contribution in [1.29, 1.82) is 0 Å². The van der Waals surface area contributed by atoms with Gasteiger partial charge >= 0.3 is 17.9 Å². The first kappa shape index (κ1) is 56.4. The number of ether oxygens (including phenoxy) is 3. The van der Waals surface area contributed by atoms with Gasteiger partial charge in [-0.15, -0.1) is 0 Å². The maximum atomic E-state index is 12.7. The maximum absolute atomic E-state index is 12.7. The van der Waals surface area contributed by atoms with Crippen LogP contribution in [0.25, 0.3) is 0 Å². The number of hydrogen-bond acceptors (Lipinski definition) is 6. The summed E-state index contributed by atoms with van der Waals surface area (Å²) in [5.41, 5.74) is 0. The summed E-state index contributed by atoms with van der Waals surface area (Å²) in [6.07, 6.45) is 45.3. The normalized spacial score (nSPS) is 12.1. The molecule has 0 saturated carbocycles. The average Bonchev–Trinajstić information content (AvgIpc) is 3.19. The van der Waals surface area contributed by atoms with E-state index in [9.17, 15) is 14.4 Å². The predicted molar refractivity (Wildman–Crippen MR) is 247 cm³/mol. The molecular weight excluding hydrogens is 721 g/mol. The molecule has 1 atom stereocenters. The van der Waals surface area contributed by atoms with Crippen LogP contribution in [0, 0.1) is 11.8 Å². The van der Waals surface area contributed by atoms with E-state index in [1.54, 1.807) is 0 Å². The van der Waals surface area contributed by atoms with E-state index in [4.69, 9.17) is 14.2 Å². The van der Waals surface area contributed by atoms with Crippen molar-refractivity contribution >= 4 is 17.9 Å². The summed E-state index contributed by atoms with van der Waals surface area (Å²) in [7, 11) is 0. The van der Waals surface area contributed by atoms with E-state index < -0.39 is 6.10 Å². The van der Waals surface area contributed by atoms with E-state index >= 15 is 0 Å². The lowest BCUT2D eigenvalue weighted by Crippen LogP contribution is -2.30. The van der Waals surface area contributed by atoms with Crippen LogP contribution >= 0.6 is 0 Å². The lowest BCUT2D eigenvalue weighted by Gasteiger charge is -2.18. The predicted octanol–water partition coefficient (Wildman–Crippen LogP) is 16.5. The molecule has 0 rings (SSSR count). The van der Waals surface area contributed by atoms with E-state index in [1.165, 1.54) is 173 Å². The van der Waals surface area contributed by atoms with Gasteiger partial charge in [0.1, 0.15) is 13.2 Å². The van der Waals surface area contributed by atoms with E-state index in [-0.39, 0.29) is 31.1 Å². The summed E-state index contributed by atoms with van der Waals surface area (Å²) >= 11 is 0. The van der Waals surface area contributed by atoms with Crippen LogP contribution in [0.4, 0.5) is 0 Å². The van der Waals surface area contributed by atoms with Crippen molar-refractivity contribution in [3.8, 4) is 0 Å². The van der Waals surface area contributed by atoms with Crippen molar-refractivity contribution in [2.45, 2.75) is 291 Å². The number of rotatable bonds is 46. The zero-order chi connectivity index (χ0) is 42.6. The third-order valence-electron chi connectivity index (χ3n) is 11.7. The smallest absolute Gasteiger partial charge is 0.306 e. The molecule has 0 bridgehead atoms. The molecule has 0 aliphatic heterocycles. The van der Waals surface area contributed by atoms with Gasteiger partial charge in [-0.1, -0.05) is 247 Å². The van der Waals surface area contributed by atoms with Gasteiger partial charge in [0.15, 0.2) is 6.10 Å². The Morgan fingerprint density at radius 1 is 0.328 bits per heavy atom. The van der Waals surface area contributed by atoms with Crippen LogP contribution in [-0.2, 0) is 28.6 Å². The highest BCUT2D eigenvalue weighted by Gasteiger charge is 2.19. The molecule has 0 amide bonds. The van der Waals surface area contributed by atoms with Crippen LogP contribution < -0.4 is 0 Å². The van der Waals surface area contributed by atoms with Gasteiger partial charge < -0.3 is 14.2 Å². The third-order valence-corrected chi connectivity index (χ3v) is 11.7.